The first kappa shape index (κ1) is 35.2. The van der Waals surface area contributed by atoms with Crippen LogP contribution in [0.5, 0.6) is 5.75 Å². The van der Waals surface area contributed by atoms with Gasteiger partial charge in [0.15, 0.2) is 11.5 Å². The zero-order valence-corrected chi connectivity index (χ0v) is 27.8. The van der Waals surface area contributed by atoms with Crippen molar-refractivity contribution in [2.75, 3.05) is 19.4 Å². The number of fused-ring (bicyclic) bond motifs is 3. The number of primary amides is 1. The van der Waals surface area contributed by atoms with Crippen LogP contribution < -0.4 is 21.7 Å². The molecule has 0 spiro atoms. The fourth-order valence-electron chi connectivity index (χ4n) is 6.83. The Morgan fingerprint density at radius 3 is 2.06 bits per heavy atom. The summed E-state index contributed by atoms with van der Waals surface area (Å²) in [6, 6.07) is 0.728. The predicted octanol–water partition coefficient (Wildman–Crippen LogP) is 1.95. The number of likely N-dealkylation sites (N-methyl/N-ethyl adjacent to an activating group) is 1. The van der Waals surface area contributed by atoms with Crippen molar-refractivity contribution in [3.05, 3.63) is 40.2 Å². The lowest BCUT2D eigenvalue weighted by molar-refractivity contribution is -0.170. The summed E-state index contributed by atoms with van der Waals surface area (Å²) in [5, 5.41) is 54.5. The number of phenols is 1. The van der Waals surface area contributed by atoms with E-state index in [1.165, 1.54) is 31.1 Å². The summed E-state index contributed by atoms with van der Waals surface area (Å²) in [7, 11) is 2.87. The number of aliphatic hydroxyl groups excluding tert-OH is 3. The number of alkyl carbamates (subject to hydrolysis) is 1. The Balaban J connectivity index is 2.03. The monoisotopic (exact) mass is 657 g/mol. The van der Waals surface area contributed by atoms with Crippen molar-refractivity contribution in [2.24, 2.45) is 17.6 Å². The lowest BCUT2D eigenvalue weighted by Gasteiger charge is -2.54. The van der Waals surface area contributed by atoms with Gasteiger partial charge in [-0.1, -0.05) is 13.0 Å². The van der Waals surface area contributed by atoms with Gasteiger partial charge >= 0.3 is 12.1 Å². The molecule has 1 aromatic carbocycles. The standard InChI is InChI=1S/C32H43N5O10/c1-12-13-10-11-14(34-28(45)35-30(2,3)4)21(38)16(13)22(39)17-15(12)23(40)19-20(37(8)9)24(41)18(27(33)44)26(43)32(19,25(17)42)47-29(46)36-31(5,6)7/h10-12,15,19-20,23,38-40,43H,1-9H3,(H2,33,44)(H,36,46)(H2,34,35,45). The molecule has 9 N–H and O–H groups in total. The first-order chi connectivity index (χ1) is 21.5. The molecule has 15 nitrogen and oxygen atoms in total. The Hall–Kier alpha value is -4.63. The van der Waals surface area contributed by atoms with E-state index >= 15 is 0 Å². The largest absolute Gasteiger partial charge is 0.507 e. The molecule has 3 aliphatic rings. The van der Waals surface area contributed by atoms with E-state index in [9.17, 15) is 44.4 Å². The lowest BCUT2D eigenvalue weighted by Crippen LogP contribution is -2.72. The number of nitrogens with two attached hydrogens (primary N) is 1. The van der Waals surface area contributed by atoms with Crippen molar-refractivity contribution in [2.45, 2.75) is 83.2 Å². The minimum Gasteiger partial charge on any atom is -0.507 e. The highest BCUT2D eigenvalue weighted by Crippen LogP contribution is 2.57. The number of benzene rings is 1. The molecule has 256 valence electrons. The van der Waals surface area contributed by atoms with Gasteiger partial charge in [-0.15, -0.1) is 0 Å². The van der Waals surface area contributed by atoms with Crippen molar-refractivity contribution < 1.29 is 49.1 Å². The number of carbonyl (C=O) groups is 5. The van der Waals surface area contributed by atoms with E-state index in [1.807, 2.05) is 0 Å². The maximum atomic E-state index is 14.8. The molecule has 4 rings (SSSR count). The number of hydrogen-bond acceptors (Lipinski definition) is 11. The minimum absolute atomic E-state index is 0.116. The van der Waals surface area contributed by atoms with E-state index in [-0.39, 0.29) is 11.3 Å². The third-order valence-electron chi connectivity index (χ3n) is 8.57. The van der Waals surface area contributed by atoms with Gasteiger partial charge in [-0.05, 0) is 73.2 Å². The van der Waals surface area contributed by atoms with Crippen molar-refractivity contribution in [3.63, 3.8) is 0 Å². The summed E-state index contributed by atoms with van der Waals surface area (Å²) in [4.78, 5) is 68.3. The molecule has 3 aliphatic carbocycles. The Morgan fingerprint density at radius 2 is 1.55 bits per heavy atom. The van der Waals surface area contributed by atoms with Crippen LogP contribution in [0.25, 0.3) is 5.76 Å². The summed E-state index contributed by atoms with van der Waals surface area (Å²) < 4.78 is 5.71. The van der Waals surface area contributed by atoms with Gasteiger partial charge in [-0.25, -0.2) is 9.59 Å². The molecule has 1 saturated carbocycles. The van der Waals surface area contributed by atoms with Crippen LogP contribution in [0.1, 0.15) is 65.5 Å². The van der Waals surface area contributed by atoms with Crippen LogP contribution in [0, 0.1) is 11.8 Å². The number of amides is 4. The molecule has 0 bridgehead atoms. The van der Waals surface area contributed by atoms with Crippen LogP contribution in [0.2, 0.25) is 0 Å². The molecule has 0 saturated heterocycles. The van der Waals surface area contributed by atoms with Gasteiger partial charge in [0.2, 0.25) is 11.4 Å². The molecular formula is C32H43N5O10. The molecule has 4 amide bonds. The van der Waals surface area contributed by atoms with Gasteiger partial charge in [0, 0.05) is 22.6 Å². The molecule has 6 unspecified atom stereocenters. The number of Topliss-reactive ketones (excluding diaryl/α,β-unsaturated/α-hetero) is 2. The predicted molar refractivity (Wildman–Crippen MR) is 169 cm³/mol. The first-order valence-electron chi connectivity index (χ1n) is 15.0. The smallest absolute Gasteiger partial charge is 0.409 e. The van der Waals surface area contributed by atoms with Crippen molar-refractivity contribution in [1.29, 1.82) is 0 Å². The van der Waals surface area contributed by atoms with Crippen LogP contribution in [0.3, 0.4) is 0 Å². The number of hydrogen-bond donors (Lipinski definition) is 8. The van der Waals surface area contributed by atoms with E-state index in [2.05, 4.69) is 16.0 Å². The van der Waals surface area contributed by atoms with Crippen LogP contribution in [0.15, 0.2) is 29.0 Å². The SMILES string of the molecule is CC1c2ccc(NC(=O)NC(C)(C)C)c(O)c2C(O)=C2C(=O)C3(OC(=O)NC(C)(C)C)C(O)=C(C(N)=O)C(=O)C(N(C)C)C3C(O)C21. The molecule has 47 heavy (non-hydrogen) atoms. The van der Waals surface area contributed by atoms with E-state index in [1.54, 1.807) is 48.5 Å². The molecule has 0 aromatic heterocycles. The normalized spacial score (nSPS) is 27.5. The summed E-state index contributed by atoms with van der Waals surface area (Å²) in [5.41, 5.74) is -0.581. The number of ketones is 2. The van der Waals surface area contributed by atoms with Crippen LogP contribution in [0.4, 0.5) is 15.3 Å². The van der Waals surface area contributed by atoms with E-state index in [0.29, 0.717) is 5.56 Å². The second kappa shape index (κ2) is 11.6. The summed E-state index contributed by atoms with van der Waals surface area (Å²) in [6.45, 7) is 11.7. The Kier molecular flexibility index (Phi) is 8.66. The molecule has 1 aromatic rings. The van der Waals surface area contributed by atoms with Crippen molar-refractivity contribution in [1.82, 2.24) is 15.5 Å². The first-order valence-corrected chi connectivity index (χ1v) is 15.0. The molecule has 15 heteroatoms. The van der Waals surface area contributed by atoms with Crippen LogP contribution in [-0.4, -0.2) is 97.8 Å². The van der Waals surface area contributed by atoms with Gasteiger partial charge in [0.05, 0.1) is 29.3 Å². The Morgan fingerprint density at radius 1 is 0.979 bits per heavy atom. The summed E-state index contributed by atoms with van der Waals surface area (Å²) in [5.74, 6) is -10.1. The highest BCUT2D eigenvalue weighted by molar-refractivity contribution is 6.25. The van der Waals surface area contributed by atoms with Crippen LogP contribution >= 0.6 is 0 Å². The summed E-state index contributed by atoms with van der Waals surface area (Å²) >= 11 is 0. The van der Waals surface area contributed by atoms with E-state index in [0.717, 1.165) is 0 Å². The van der Waals surface area contributed by atoms with E-state index in [4.69, 9.17) is 10.5 Å². The van der Waals surface area contributed by atoms with E-state index < -0.39 is 105 Å². The molecular weight excluding hydrogens is 614 g/mol. The number of aromatic hydroxyl groups is 1. The van der Waals surface area contributed by atoms with Gasteiger partial charge in [0.25, 0.3) is 5.91 Å². The maximum absolute atomic E-state index is 14.8. The number of ether oxygens (including phenoxy) is 1. The second-order valence-corrected chi connectivity index (χ2v) is 14.5. The third kappa shape index (κ3) is 5.78. The maximum Gasteiger partial charge on any atom is 0.409 e. The Labute approximate surface area is 271 Å². The number of rotatable bonds is 4. The molecule has 1 fully saturated rings. The highest BCUT2D eigenvalue weighted by atomic mass is 16.6. The second-order valence-electron chi connectivity index (χ2n) is 14.5. The zero-order chi connectivity index (χ0) is 35.7. The summed E-state index contributed by atoms with van der Waals surface area (Å²) in [6.07, 6.45) is -3.01. The van der Waals surface area contributed by atoms with Crippen molar-refractivity contribution in [3.8, 4) is 5.75 Å². The molecule has 0 heterocycles. The number of nitrogens with zero attached hydrogens (tertiary/aromatic N) is 1. The fraction of sp³-hybridized carbons (Fsp3) is 0.531. The number of phenolic OH excluding ortho intramolecular Hbond substituents is 1. The topological polar surface area (TPSA) is 241 Å². The zero-order valence-electron chi connectivity index (χ0n) is 27.8. The van der Waals surface area contributed by atoms with Gasteiger partial charge < -0.3 is 46.8 Å². The quantitative estimate of drug-likeness (QED) is 0.172. The number of aliphatic hydroxyl groups is 3. The number of carbonyl (C=O) groups excluding carboxylic acids is 5. The van der Waals surface area contributed by atoms with Crippen LogP contribution in [-0.2, 0) is 19.1 Å². The highest BCUT2D eigenvalue weighted by Gasteiger charge is 2.71. The average Bonchev–Trinajstić information content (AvgIpc) is 2.89. The minimum atomic E-state index is -2.92. The molecule has 6 atom stereocenters. The molecule has 0 radical (unpaired) electrons. The number of nitrogens with one attached hydrogen (secondary N) is 3. The number of urea groups is 1. The van der Waals surface area contributed by atoms with Crippen molar-refractivity contribution >= 4 is 41.0 Å². The third-order valence-corrected chi connectivity index (χ3v) is 8.57. The number of anilines is 1. The lowest BCUT2D eigenvalue weighted by atomic mass is 9.54. The average molecular weight is 658 g/mol. The molecule has 0 aliphatic heterocycles. The van der Waals surface area contributed by atoms with Gasteiger partial charge in [-0.3, -0.25) is 19.3 Å². The fourth-order valence-corrected chi connectivity index (χ4v) is 6.83. The van der Waals surface area contributed by atoms with Gasteiger partial charge in [-0.2, -0.15) is 0 Å². The van der Waals surface area contributed by atoms with Gasteiger partial charge in [0.1, 0.15) is 17.1 Å². The Bertz CT molecular complexity index is 1630.